The van der Waals surface area contributed by atoms with E-state index < -0.39 is 0 Å². The number of hydrogen-bond donors (Lipinski definition) is 0. The first-order valence-electron chi connectivity index (χ1n) is 13.6. The van der Waals surface area contributed by atoms with E-state index in [4.69, 9.17) is 9.73 Å². The number of ether oxygens (including phenoxy) is 1. The molecule has 1 aromatic heterocycles. The predicted octanol–water partition coefficient (Wildman–Crippen LogP) is 7.89. The summed E-state index contributed by atoms with van der Waals surface area (Å²) in [5.74, 6) is 2.14. The van der Waals surface area contributed by atoms with Crippen molar-refractivity contribution in [1.29, 1.82) is 0 Å². The third-order valence-corrected chi connectivity index (χ3v) is 7.44. The second-order valence-corrected chi connectivity index (χ2v) is 10.5. The summed E-state index contributed by atoms with van der Waals surface area (Å²) < 4.78 is 5.70. The SMILES string of the molecule is C=C(N=C(C1=CCCOCCC1)C1=C(C)CC(CCc2ncccn2)CC1)c1ccc(C(C)C)cc1. The fraction of sp³-hybridized carbons (Fsp3) is 0.469. The molecular formula is C32H41N3O. The zero-order chi connectivity index (χ0) is 25.3. The van der Waals surface area contributed by atoms with Crippen molar-refractivity contribution in [2.24, 2.45) is 10.9 Å². The molecule has 0 bridgehead atoms. The fourth-order valence-electron chi connectivity index (χ4n) is 5.27. The third-order valence-electron chi connectivity index (χ3n) is 7.44. The van der Waals surface area contributed by atoms with Gasteiger partial charge in [-0.3, -0.25) is 0 Å². The molecule has 0 saturated heterocycles. The molecule has 1 unspecified atom stereocenters. The molecule has 190 valence electrons. The second-order valence-electron chi connectivity index (χ2n) is 10.5. The van der Waals surface area contributed by atoms with Crippen LogP contribution in [0.4, 0.5) is 0 Å². The third kappa shape index (κ3) is 7.10. The van der Waals surface area contributed by atoms with Crippen LogP contribution in [0.25, 0.3) is 5.70 Å². The number of nitrogens with zero attached hydrogens (tertiary/aromatic N) is 3. The van der Waals surface area contributed by atoms with Gasteiger partial charge in [-0.1, -0.05) is 56.3 Å². The first kappa shape index (κ1) is 26.2. The molecule has 1 aliphatic carbocycles. The molecule has 0 fully saturated rings. The summed E-state index contributed by atoms with van der Waals surface area (Å²) in [6.07, 6.45) is 14.5. The Labute approximate surface area is 217 Å². The smallest absolute Gasteiger partial charge is 0.128 e. The minimum atomic E-state index is 0.519. The van der Waals surface area contributed by atoms with Crippen molar-refractivity contribution in [3.05, 3.63) is 89.1 Å². The van der Waals surface area contributed by atoms with E-state index in [0.717, 1.165) is 81.0 Å². The summed E-state index contributed by atoms with van der Waals surface area (Å²) in [6, 6.07) is 10.6. The number of allylic oxidation sites excluding steroid dienone is 3. The average Bonchev–Trinajstić information content (AvgIpc) is 2.87. The Morgan fingerprint density at radius 2 is 1.89 bits per heavy atom. The molecule has 4 rings (SSSR count). The molecular weight excluding hydrogens is 442 g/mol. The van der Waals surface area contributed by atoms with Gasteiger partial charge in [0.05, 0.1) is 18.0 Å². The highest BCUT2D eigenvalue weighted by atomic mass is 16.5. The standard InChI is InChI=1S/C32H41N3O/c1-23(2)27-12-14-28(15-13-27)25(4)35-32(29-8-5-20-36-21-6-9-29)30-16-10-26(22-24(30)3)11-17-31-33-18-7-19-34-31/h7-8,12-15,18-19,23,26H,4-6,9-11,16-17,20-22H2,1-3H3. The summed E-state index contributed by atoms with van der Waals surface area (Å²) in [4.78, 5) is 14.1. The van der Waals surface area contributed by atoms with Gasteiger partial charge in [0, 0.05) is 25.4 Å². The Morgan fingerprint density at radius 1 is 1.11 bits per heavy atom. The maximum absolute atomic E-state index is 5.70. The van der Waals surface area contributed by atoms with Crippen molar-refractivity contribution >= 4 is 11.4 Å². The summed E-state index contributed by atoms with van der Waals surface area (Å²) in [5.41, 5.74) is 8.72. The van der Waals surface area contributed by atoms with E-state index in [9.17, 15) is 0 Å². The van der Waals surface area contributed by atoms with Crippen LogP contribution in [0, 0.1) is 5.92 Å². The van der Waals surface area contributed by atoms with Crippen LogP contribution in [0.1, 0.15) is 88.6 Å². The highest BCUT2D eigenvalue weighted by molar-refractivity contribution is 6.14. The van der Waals surface area contributed by atoms with Gasteiger partial charge >= 0.3 is 0 Å². The average molecular weight is 484 g/mol. The second kappa shape index (κ2) is 12.9. The molecule has 4 heteroatoms. The van der Waals surface area contributed by atoms with Crippen LogP contribution in [0.3, 0.4) is 0 Å². The van der Waals surface area contributed by atoms with Crippen LogP contribution in [-0.4, -0.2) is 28.9 Å². The molecule has 0 saturated carbocycles. The van der Waals surface area contributed by atoms with Gasteiger partial charge in [0.25, 0.3) is 0 Å². The van der Waals surface area contributed by atoms with Crippen LogP contribution in [-0.2, 0) is 11.2 Å². The zero-order valence-electron chi connectivity index (χ0n) is 22.3. The molecule has 2 heterocycles. The van der Waals surface area contributed by atoms with Crippen molar-refractivity contribution in [3.8, 4) is 0 Å². The van der Waals surface area contributed by atoms with Crippen molar-refractivity contribution < 1.29 is 4.74 Å². The number of rotatable bonds is 8. The molecule has 4 nitrogen and oxygen atoms in total. The van der Waals surface area contributed by atoms with Crippen LogP contribution >= 0.6 is 0 Å². The van der Waals surface area contributed by atoms with Crippen LogP contribution in [0.2, 0.25) is 0 Å². The van der Waals surface area contributed by atoms with E-state index in [0.29, 0.717) is 11.8 Å². The van der Waals surface area contributed by atoms with E-state index in [2.05, 4.69) is 67.7 Å². The van der Waals surface area contributed by atoms with Gasteiger partial charge in [-0.05, 0) is 92.0 Å². The predicted molar refractivity (Wildman–Crippen MR) is 150 cm³/mol. The lowest BCUT2D eigenvalue weighted by Crippen LogP contribution is -2.18. The highest BCUT2D eigenvalue weighted by Crippen LogP contribution is 2.35. The van der Waals surface area contributed by atoms with Gasteiger partial charge in [0.1, 0.15) is 5.82 Å². The number of aromatic nitrogens is 2. The number of aryl methyl sites for hydroxylation is 1. The molecule has 1 aliphatic heterocycles. The monoisotopic (exact) mass is 483 g/mol. The lowest BCUT2D eigenvalue weighted by atomic mass is 9.79. The first-order valence-corrected chi connectivity index (χ1v) is 13.6. The van der Waals surface area contributed by atoms with Gasteiger partial charge in [-0.2, -0.15) is 0 Å². The fourth-order valence-corrected chi connectivity index (χ4v) is 5.27. The normalized spacial score (nSPS) is 19.6. The maximum atomic E-state index is 5.70. The zero-order valence-corrected chi connectivity index (χ0v) is 22.3. The largest absolute Gasteiger partial charge is 0.381 e. The van der Waals surface area contributed by atoms with Gasteiger partial charge in [-0.25, -0.2) is 15.0 Å². The van der Waals surface area contributed by atoms with Gasteiger partial charge in [-0.15, -0.1) is 0 Å². The summed E-state index contributed by atoms with van der Waals surface area (Å²) in [7, 11) is 0. The van der Waals surface area contributed by atoms with E-state index in [-0.39, 0.29) is 0 Å². The minimum absolute atomic E-state index is 0.519. The molecule has 1 atom stereocenters. The topological polar surface area (TPSA) is 47.4 Å². The lowest BCUT2D eigenvalue weighted by molar-refractivity contribution is 0.134. The molecule has 36 heavy (non-hydrogen) atoms. The first-order chi connectivity index (χ1) is 17.5. The molecule has 0 amide bonds. The number of hydrogen-bond acceptors (Lipinski definition) is 4. The molecule has 1 aromatic carbocycles. The van der Waals surface area contributed by atoms with Gasteiger partial charge in [0.15, 0.2) is 0 Å². The Bertz CT molecular complexity index is 1110. The molecule has 2 aliphatic rings. The van der Waals surface area contributed by atoms with E-state index in [1.807, 2.05) is 18.5 Å². The molecule has 0 spiro atoms. The van der Waals surface area contributed by atoms with Gasteiger partial charge in [0.2, 0.25) is 0 Å². The Kier molecular flexibility index (Phi) is 9.41. The maximum Gasteiger partial charge on any atom is 0.128 e. The Morgan fingerprint density at radius 3 is 2.61 bits per heavy atom. The summed E-state index contributed by atoms with van der Waals surface area (Å²) in [5, 5.41) is 0. The molecule has 0 N–H and O–H groups in total. The number of aliphatic imine (C=N–C) groups is 1. The quantitative estimate of drug-likeness (QED) is 0.359. The van der Waals surface area contributed by atoms with E-state index >= 15 is 0 Å². The van der Waals surface area contributed by atoms with E-state index in [1.165, 1.54) is 28.7 Å². The van der Waals surface area contributed by atoms with Crippen molar-refractivity contribution in [1.82, 2.24) is 9.97 Å². The highest BCUT2D eigenvalue weighted by Gasteiger charge is 2.24. The Hall–Kier alpha value is -2.85. The lowest BCUT2D eigenvalue weighted by Gasteiger charge is -2.28. The van der Waals surface area contributed by atoms with Gasteiger partial charge < -0.3 is 4.74 Å². The summed E-state index contributed by atoms with van der Waals surface area (Å²) >= 11 is 0. The van der Waals surface area contributed by atoms with E-state index in [1.54, 1.807) is 0 Å². The minimum Gasteiger partial charge on any atom is -0.381 e. The Balaban J connectivity index is 1.57. The van der Waals surface area contributed by atoms with Crippen molar-refractivity contribution in [3.63, 3.8) is 0 Å². The molecule has 2 aromatic rings. The van der Waals surface area contributed by atoms with Crippen LogP contribution in [0.15, 0.2) is 77.1 Å². The van der Waals surface area contributed by atoms with Crippen LogP contribution in [0.5, 0.6) is 0 Å². The number of benzene rings is 1. The summed E-state index contributed by atoms with van der Waals surface area (Å²) in [6.45, 7) is 12.8. The van der Waals surface area contributed by atoms with Crippen LogP contribution < -0.4 is 0 Å². The van der Waals surface area contributed by atoms with Crippen molar-refractivity contribution in [2.45, 2.75) is 78.1 Å². The molecule has 0 radical (unpaired) electrons. The van der Waals surface area contributed by atoms with Crippen molar-refractivity contribution in [2.75, 3.05) is 13.2 Å².